The SMILES string of the molecule is CCN(CC)C(=O)c1cccnc1NCCCN1CCN(c2ccccc2OC)CC1. The summed E-state index contributed by atoms with van der Waals surface area (Å²) in [6.45, 7) is 11.3. The lowest BCUT2D eigenvalue weighted by Gasteiger charge is -2.36. The van der Waals surface area contributed by atoms with Crippen LogP contribution in [0.5, 0.6) is 5.75 Å². The first-order valence-electron chi connectivity index (χ1n) is 11.3. The van der Waals surface area contributed by atoms with Crippen molar-refractivity contribution < 1.29 is 9.53 Å². The number of anilines is 2. The molecule has 2 aromatic rings. The van der Waals surface area contributed by atoms with Crippen molar-refractivity contribution in [1.29, 1.82) is 0 Å². The minimum atomic E-state index is 0.0352. The van der Waals surface area contributed by atoms with Gasteiger partial charge in [-0.05, 0) is 51.1 Å². The smallest absolute Gasteiger partial charge is 0.257 e. The summed E-state index contributed by atoms with van der Waals surface area (Å²) in [5, 5.41) is 3.37. The van der Waals surface area contributed by atoms with Crippen LogP contribution in [0.15, 0.2) is 42.6 Å². The molecule has 1 aromatic heterocycles. The Labute approximate surface area is 186 Å². The summed E-state index contributed by atoms with van der Waals surface area (Å²) in [5.74, 6) is 1.65. The number of para-hydroxylation sites is 2. The molecule has 0 saturated carbocycles. The maximum absolute atomic E-state index is 12.7. The van der Waals surface area contributed by atoms with Crippen LogP contribution in [-0.4, -0.2) is 80.2 Å². The van der Waals surface area contributed by atoms with Crippen LogP contribution < -0.4 is 15.0 Å². The van der Waals surface area contributed by atoms with Gasteiger partial charge in [-0.1, -0.05) is 12.1 Å². The number of nitrogens with one attached hydrogen (secondary N) is 1. The Kier molecular flexibility index (Phi) is 8.53. The molecule has 7 heteroatoms. The molecule has 1 aromatic carbocycles. The maximum Gasteiger partial charge on any atom is 0.257 e. The molecular formula is C24H35N5O2. The van der Waals surface area contributed by atoms with E-state index < -0.39 is 0 Å². The van der Waals surface area contributed by atoms with Gasteiger partial charge in [-0.2, -0.15) is 0 Å². The van der Waals surface area contributed by atoms with Crippen molar-refractivity contribution in [1.82, 2.24) is 14.8 Å². The Morgan fingerprint density at radius 2 is 1.84 bits per heavy atom. The third-order valence-corrected chi connectivity index (χ3v) is 5.83. The molecule has 31 heavy (non-hydrogen) atoms. The zero-order valence-electron chi connectivity index (χ0n) is 19.0. The fourth-order valence-electron chi connectivity index (χ4n) is 4.01. The minimum absolute atomic E-state index is 0.0352. The molecule has 0 aliphatic carbocycles. The summed E-state index contributed by atoms with van der Waals surface area (Å²) in [6.07, 6.45) is 2.74. The Hall–Kier alpha value is -2.80. The number of aromatic nitrogens is 1. The van der Waals surface area contributed by atoms with Crippen molar-refractivity contribution in [3.63, 3.8) is 0 Å². The van der Waals surface area contributed by atoms with E-state index in [2.05, 4.69) is 32.2 Å². The van der Waals surface area contributed by atoms with Crippen LogP contribution in [0.25, 0.3) is 0 Å². The molecule has 0 radical (unpaired) electrons. The fraction of sp³-hybridized carbons (Fsp3) is 0.500. The van der Waals surface area contributed by atoms with Gasteiger partial charge in [0.25, 0.3) is 5.91 Å². The molecule has 1 aliphatic rings. The molecule has 7 nitrogen and oxygen atoms in total. The van der Waals surface area contributed by atoms with Gasteiger partial charge in [-0.25, -0.2) is 4.98 Å². The Morgan fingerprint density at radius 1 is 1.10 bits per heavy atom. The van der Waals surface area contributed by atoms with Crippen LogP contribution in [0.4, 0.5) is 11.5 Å². The van der Waals surface area contributed by atoms with E-state index in [1.54, 1.807) is 13.3 Å². The second-order valence-corrected chi connectivity index (χ2v) is 7.66. The van der Waals surface area contributed by atoms with Crippen molar-refractivity contribution in [3.05, 3.63) is 48.2 Å². The zero-order chi connectivity index (χ0) is 22.1. The van der Waals surface area contributed by atoms with E-state index in [4.69, 9.17) is 4.74 Å². The highest BCUT2D eigenvalue weighted by molar-refractivity contribution is 5.98. The van der Waals surface area contributed by atoms with E-state index >= 15 is 0 Å². The van der Waals surface area contributed by atoms with Crippen LogP contribution in [0, 0.1) is 0 Å². The number of rotatable bonds is 10. The Bertz CT molecular complexity index is 832. The predicted octanol–water partition coefficient (Wildman–Crippen LogP) is 3.20. The van der Waals surface area contributed by atoms with Crippen LogP contribution >= 0.6 is 0 Å². The number of hydrogen-bond donors (Lipinski definition) is 1. The third-order valence-electron chi connectivity index (χ3n) is 5.83. The second-order valence-electron chi connectivity index (χ2n) is 7.66. The molecule has 1 saturated heterocycles. The number of carbonyl (C=O) groups excluding carboxylic acids is 1. The van der Waals surface area contributed by atoms with Crippen molar-refractivity contribution >= 4 is 17.4 Å². The van der Waals surface area contributed by atoms with Crippen molar-refractivity contribution in [2.24, 2.45) is 0 Å². The number of hydrogen-bond acceptors (Lipinski definition) is 6. The molecule has 0 bridgehead atoms. The number of amides is 1. The molecule has 1 aliphatic heterocycles. The first kappa shape index (κ1) is 22.9. The average molecular weight is 426 g/mol. The zero-order valence-corrected chi connectivity index (χ0v) is 19.0. The summed E-state index contributed by atoms with van der Waals surface area (Å²) >= 11 is 0. The standard InChI is InChI=1S/C24H35N5O2/c1-4-28(5-2)24(30)20-10-8-13-25-23(20)26-14-9-15-27-16-18-29(19-17-27)21-11-6-7-12-22(21)31-3/h6-8,10-13H,4-5,9,14-19H2,1-3H3,(H,25,26). The van der Waals surface area contributed by atoms with Gasteiger partial charge < -0.3 is 19.9 Å². The highest BCUT2D eigenvalue weighted by Gasteiger charge is 2.20. The number of benzene rings is 1. The second kappa shape index (κ2) is 11.6. The molecule has 1 N–H and O–H groups in total. The predicted molar refractivity (Wildman–Crippen MR) is 126 cm³/mol. The minimum Gasteiger partial charge on any atom is -0.495 e. The number of piperazine rings is 1. The molecule has 0 atom stereocenters. The van der Waals surface area contributed by atoms with E-state index in [0.717, 1.165) is 51.4 Å². The van der Waals surface area contributed by atoms with E-state index in [1.807, 2.05) is 43.0 Å². The Balaban J connectivity index is 1.45. The number of pyridine rings is 1. The van der Waals surface area contributed by atoms with Gasteiger partial charge in [-0.15, -0.1) is 0 Å². The van der Waals surface area contributed by atoms with Crippen LogP contribution in [0.1, 0.15) is 30.6 Å². The largest absolute Gasteiger partial charge is 0.495 e. The van der Waals surface area contributed by atoms with Gasteiger partial charge in [0.2, 0.25) is 0 Å². The lowest BCUT2D eigenvalue weighted by atomic mass is 10.2. The lowest BCUT2D eigenvalue weighted by Crippen LogP contribution is -2.47. The summed E-state index contributed by atoms with van der Waals surface area (Å²) < 4.78 is 5.51. The summed E-state index contributed by atoms with van der Waals surface area (Å²) in [5.41, 5.74) is 1.82. The van der Waals surface area contributed by atoms with Crippen LogP contribution in [-0.2, 0) is 0 Å². The summed E-state index contributed by atoms with van der Waals surface area (Å²) in [4.78, 5) is 23.8. The molecule has 0 unspecified atom stereocenters. The third kappa shape index (κ3) is 5.88. The normalized spacial score (nSPS) is 14.4. The lowest BCUT2D eigenvalue weighted by molar-refractivity contribution is 0.0773. The van der Waals surface area contributed by atoms with Crippen LogP contribution in [0.3, 0.4) is 0 Å². The van der Waals surface area contributed by atoms with Gasteiger partial charge in [0.15, 0.2) is 0 Å². The Morgan fingerprint density at radius 3 is 2.55 bits per heavy atom. The van der Waals surface area contributed by atoms with Gasteiger partial charge in [0.1, 0.15) is 11.6 Å². The first-order chi connectivity index (χ1) is 15.2. The highest BCUT2D eigenvalue weighted by Crippen LogP contribution is 2.28. The highest BCUT2D eigenvalue weighted by atomic mass is 16.5. The van der Waals surface area contributed by atoms with E-state index in [-0.39, 0.29) is 5.91 Å². The molecule has 168 valence electrons. The van der Waals surface area contributed by atoms with E-state index in [1.165, 1.54) is 5.69 Å². The molecule has 1 amide bonds. The van der Waals surface area contributed by atoms with Crippen LogP contribution in [0.2, 0.25) is 0 Å². The molecule has 2 heterocycles. The molecule has 3 rings (SSSR count). The average Bonchev–Trinajstić information content (AvgIpc) is 2.83. The number of nitrogens with zero attached hydrogens (tertiary/aromatic N) is 4. The molecule has 0 spiro atoms. The monoisotopic (exact) mass is 425 g/mol. The van der Waals surface area contributed by atoms with Crippen molar-refractivity contribution in [3.8, 4) is 5.75 Å². The summed E-state index contributed by atoms with van der Waals surface area (Å²) in [6, 6.07) is 11.9. The van der Waals surface area contributed by atoms with E-state index in [0.29, 0.717) is 24.5 Å². The fourth-order valence-corrected chi connectivity index (χ4v) is 4.01. The van der Waals surface area contributed by atoms with Gasteiger partial charge in [0, 0.05) is 52.0 Å². The number of methoxy groups -OCH3 is 1. The topological polar surface area (TPSA) is 60.9 Å². The molecular weight excluding hydrogens is 390 g/mol. The van der Waals surface area contributed by atoms with Gasteiger partial charge >= 0.3 is 0 Å². The quantitative estimate of drug-likeness (QED) is 0.590. The maximum atomic E-state index is 12.7. The first-order valence-corrected chi connectivity index (χ1v) is 11.3. The van der Waals surface area contributed by atoms with Crippen molar-refractivity contribution in [2.75, 3.05) is 69.7 Å². The van der Waals surface area contributed by atoms with Crippen molar-refractivity contribution in [2.45, 2.75) is 20.3 Å². The van der Waals surface area contributed by atoms with E-state index in [9.17, 15) is 4.79 Å². The van der Waals surface area contributed by atoms with Gasteiger partial charge in [0.05, 0.1) is 18.4 Å². The molecule has 1 fully saturated rings. The summed E-state index contributed by atoms with van der Waals surface area (Å²) in [7, 11) is 1.73. The number of carbonyl (C=O) groups is 1. The number of ether oxygens (including phenoxy) is 1. The van der Waals surface area contributed by atoms with Gasteiger partial charge in [-0.3, -0.25) is 9.69 Å².